The van der Waals surface area contributed by atoms with Gasteiger partial charge in [0.25, 0.3) is 0 Å². The molecule has 1 aromatic rings. The minimum atomic E-state index is -0.932. The second-order valence-electron chi connectivity index (χ2n) is 8.70. The predicted molar refractivity (Wildman–Crippen MR) is 128 cm³/mol. The summed E-state index contributed by atoms with van der Waals surface area (Å²) in [5.74, 6) is -2.14. The van der Waals surface area contributed by atoms with Crippen molar-refractivity contribution in [2.45, 2.75) is 20.5 Å². The van der Waals surface area contributed by atoms with Gasteiger partial charge >= 0.3 is 17.9 Å². The van der Waals surface area contributed by atoms with Crippen LogP contribution in [0.15, 0.2) is 24.3 Å². The van der Waals surface area contributed by atoms with Gasteiger partial charge in [-0.3, -0.25) is 29.1 Å². The van der Waals surface area contributed by atoms with Crippen LogP contribution in [0.2, 0.25) is 0 Å². The fourth-order valence-electron chi connectivity index (χ4n) is 3.83. The first-order valence-electron chi connectivity index (χ1n) is 11.8. The van der Waals surface area contributed by atoms with Gasteiger partial charge in [0.15, 0.2) is 0 Å². The largest absolute Gasteiger partial charge is 0.480 e. The van der Waals surface area contributed by atoms with Gasteiger partial charge in [0.2, 0.25) is 0 Å². The molecule has 1 saturated heterocycles. The summed E-state index contributed by atoms with van der Waals surface area (Å²) in [4.78, 5) is 43.0. The predicted octanol–water partition coefficient (Wildman–Crippen LogP) is 0.449. The zero-order chi connectivity index (χ0) is 24.9. The lowest BCUT2D eigenvalue weighted by atomic mass is 10.2. The Balaban J connectivity index is 2.00. The fourth-order valence-corrected chi connectivity index (χ4v) is 3.83. The van der Waals surface area contributed by atoms with E-state index in [0.29, 0.717) is 45.8 Å². The van der Waals surface area contributed by atoms with Gasteiger partial charge in [-0.1, -0.05) is 36.8 Å². The molecule has 2 rings (SSSR count). The van der Waals surface area contributed by atoms with Crippen molar-refractivity contribution in [2.24, 2.45) is 0 Å². The Morgan fingerprint density at radius 2 is 1.15 bits per heavy atom. The van der Waals surface area contributed by atoms with Crippen LogP contribution in [-0.2, 0) is 25.7 Å². The second-order valence-corrected chi connectivity index (χ2v) is 8.70. The van der Waals surface area contributed by atoms with Gasteiger partial charge < -0.3 is 19.8 Å². The molecular formula is C24H38N4O6. The Hall–Kier alpha value is -2.53. The number of hydrogen-bond acceptors (Lipinski definition) is 8. The van der Waals surface area contributed by atoms with E-state index in [-0.39, 0.29) is 32.2 Å². The van der Waals surface area contributed by atoms with Crippen LogP contribution in [-0.4, -0.2) is 126 Å². The molecule has 1 aliphatic heterocycles. The van der Waals surface area contributed by atoms with Gasteiger partial charge in [-0.05, 0) is 19.0 Å². The topological polar surface area (TPSA) is 114 Å². The number of rotatable bonds is 9. The molecular weight excluding hydrogens is 440 g/mol. The smallest absolute Gasteiger partial charge is 0.320 e. The van der Waals surface area contributed by atoms with Gasteiger partial charge in [-0.25, -0.2) is 0 Å². The van der Waals surface area contributed by atoms with Crippen molar-refractivity contribution in [2.75, 3.05) is 78.5 Å². The van der Waals surface area contributed by atoms with Crippen LogP contribution in [0.4, 0.5) is 0 Å². The highest BCUT2D eigenvalue weighted by Crippen LogP contribution is 2.06. The van der Waals surface area contributed by atoms with Crippen molar-refractivity contribution in [1.82, 2.24) is 19.6 Å². The normalized spacial score (nSPS) is 18.1. The summed E-state index contributed by atoms with van der Waals surface area (Å²) in [6.45, 7) is 9.56. The van der Waals surface area contributed by atoms with Crippen molar-refractivity contribution in [3.05, 3.63) is 35.4 Å². The molecule has 0 unspecified atom stereocenters. The molecule has 1 aromatic carbocycles. The summed E-state index contributed by atoms with van der Waals surface area (Å²) in [5.41, 5.74) is 2.08. The highest BCUT2D eigenvalue weighted by atomic mass is 16.5. The summed E-state index contributed by atoms with van der Waals surface area (Å²) in [7, 11) is 0. The lowest BCUT2D eigenvalue weighted by Gasteiger charge is -2.32. The SMILES string of the molecule is CCN1CCN(CC(=O)O)CCN(CC(=O)O)CCN(CC(=O)OCc2ccc(C)cc2)CC1. The zero-order valence-electron chi connectivity index (χ0n) is 20.3. The average Bonchev–Trinajstić information content (AvgIpc) is 2.78. The van der Waals surface area contributed by atoms with E-state index in [1.165, 1.54) is 0 Å². The lowest BCUT2D eigenvalue weighted by Crippen LogP contribution is -2.48. The van der Waals surface area contributed by atoms with Crippen LogP contribution in [0.1, 0.15) is 18.1 Å². The molecule has 0 aromatic heterocycles. The first-order valence-corrected chi connectivity index (χ1v) is 11.8. The van der Waals surface area contributed by atoms with Gasteiger partial charge in [0, 0.05) is 52.4 Å². The molecule has 0 amide bonds. The Morgan fingerprint density at radius 3 is 1.56 bits per heavy atom. The highest BCUT2D eigenvalue weighted by molar-refractivity contribution is 5.71. The molecule has 1 fully saturated rings. The van der Waals surface area contributed by atoms with E-state index in [9.17, 15) is 24.6 Å². The van der Waals surface area contributed by atoms with Crippen molar-refractivity contribution in [3.8, 4) is 0 Å². The Labute approximate surface area is 201 Å². The summed E-state index contributed by atoms with van der Waals surface area (Å²) in [6.07, 6.45) is 0. The van der Waals surface area contributed by atoms with E-state index >= 15 is 0 Å². The Kier molecular flexibility index (Phi) is 12.0. The number of aliphatic carboxylic acids is 2. The lowest BCUT2D eigenvalue weighted by molar-refractivity contribution is -0.146. The van der Waals surface area contributed by atoms with Gasteiger partial charge in [0.05, 0.1) is 19.6 Å². The number of ether oxygens (including phenoxy) is 1. The van der Waals surface area contributed by atoms with E-state index in [0.717, 1.165) is 24.2 Å². The Bertz CT molecular complexity index is 788. The van der Waals surface area contributed by atoms with E-state index in [4.69, 9.17) is 4.74 Å². The molecule has 190 valence electrons. The first kappa shape index (κ1) is 27.7. The third-order valence-electron chi connectivity index (χ3n) is 5.97. The van der Waals surface area contributed by atoms with Crippen LogP contribution in [0.5, 0.6) is 0 Å². The number of likely N-dealkylation sites (N-methyl/N-ethyl adjacent to an activating group) is 1. The number of carboxylic acid groups (broad SMARTS) is 2. The van der Waals surface area contributed by atoms with Crippen molar-refractivity contribution < 1.29 is 29.3 Å². The standard InChI is InChI=1S/C24H38N4O6/c1-3-25-8-10-26(16-22(29)30)12-13-27(17-23(31)32)14-15-28(11-9-25)18-24(33)34-19-21-6-4-20(2)5-7-21/h4-7H,3,8-19H2,1-2H3,(H,29,30)(H,31,32). The molecule has 0 aliphatic carbocycles. The summed E-state index contributed by atoms with van der Waals surface area (Å²) >= 11 is 0. The van der Waals surface area contributed by atoms with Crippen LogP contribution >= 0.6 is 0 Å². The van der Waals surface area contributed by atoms with Crippen LogP contribution in [0.3, 0.4) is 0 Å². The third kappa shape index (κ3) is 11.1. The molecule has 0 bridgehead atoms. The Morgan fingerprint density at radius 1 is 0.735 bits per heavy atom. The molecule has 10 nitrogen and oxygen atoms in total. The number of carbonyl (C=O) groups is 3. The molecule has 0 saturated carbocycles. The molecule has 10 heteroatoms. The summed E-state index contributed by atoms with van der Waals surface area (Å²) in [6, 6.07) is 7.84. The molecule has 0 spiro atoms. The quantitative estimate of drug-likeness (QED) is 0.485. The van der Waals surface area contributed by atoms with E-state index in [1.54, 1.807) is 4.90 Å². The van der Waals surface area contributed by atoms with E-state index in [1.807, 2.05) is 41.0 Å². The molecule has 2 N–H and O–H groups in total. The second kappa shape index (κ2) is 14.7. The van der Waals surface area contributed by atoms with E-state index < -0.39 is 11.9 Å². The maximum Gasteiger partial charge on any atom is 0.320 e. The van der Waals surface area contributed by atoms with Gasteiger partial charge in [0.1, 0.15) is 6.61 Å². The molecule has 0 atom stereocenters. The average molecular weight is 479 g/mol. The van der Waals surface area contributed by atoms with E-state index in [2.05, 4.69) is 11.8 Å². The molecule has 1 aliphatic rings. The maximum atomic E-state index is 12.5. The van der Waals surface area contributed by atoms with Crippen LogP contribution < -0.4 is 0 Å². The first-order chi connectivity index (χ1) is 16.2. The number of esters is 1. The zero-order valence-corrected chi connectivity index (χ0v) is 20.3. The third-order valence-corrected chi connectivity index (χ3v) is 5.97. The number of hydrogen-bond donors (Lipinski definition) is 2. The number of carbonyl (C=O) groups excluding carboxylic acids is 1. The fraction of sp³-hybridized carbons (Fsp3) is 0.625. The number of aryl methyl sites for hydroxylation is 1. The number of carboxylic acids is 2. The van der Waals surface area contributed by atoms with Crippen molar-refractivity contribution >= 4 is 17.9 Å². The van der Waals surface area contributed by atoms with Crippen LogP contribution in [0.25, 0.3) is 0 Å². The monoisotopic (exact) mass is 478 g/mol. The van der Waals surface area contributed by atoms with Crippen molar-refractivity contribution in [1.29, 1.82) is 0 Å². The van der Waals surface area contributed by atoms with Crippen molar-refractivity contribution in [3.63, 3.8) is 0 Å². The maximum absolute atomic E-state index is 12.5. The highest BCUT2D eigenvalue weighted by Gasteiger charge is 2.20. The summed E-state index contributed by atoms with van der Waals surface area (Å²) < 4.78 is 5.47. The molecule has 0 radical (unpaired) electrons. The molecule has 34 heavy (non-hydrogen) atoms. The summed E-state index contributed by atoms with van der Waals surface area (Å²) in [5, 5.41) is 18.5. The van der Waals surface area contributed by atoms with Crippen LogP contribution in [0, 0.1) is 6.92 Å². The minimum absolute atomic E-state index is 0.0720. The van der Waals surface area contributed by atoms with Gasteiger partial charge in [-0.15, -0.1) is 0 Å². The molecule has 1 heterocycles. The number of nitrogens with zero attached hydrogens (tertiary/aromatic N) is 4. The minimum Gasteiger partial charge on any atom is -0.480 e. The van der Waals surface area contributed by atoms with Gasteiger partial charge in [-0.2, -0.15) is 0 Å². The number of benzene rings is 1.